The van der Waals surface area contributed by atoms with Gasteiger partial charge in [0.15, 0.2) is 0 Å². The van der Waals surface area contributed by atoms with Crippen molar-refractivity contribution in [2.45, 2.75) is 46.3 Å². The molecule has 0 radical (unpaired) electrons. The van der Waals surface area contributed by atoms with Crippen LogP contribution in [0.25, 0.3) is 0 Å². The summed E-state index contributed by atoms with van der Waals surface area (Å²) < 4.78 is 5.54. The number of carbonyl (C=O) groups is 1. The van der Waals surface area contributed by atoms with E-state index in [-0.39, 0.29) is 24.8 Å². The summed E-state index contributed by atoms with van der Waals surface area (Å²) in [5.41, 5.74) is 0.685. The minimum atomic E-state index is -0.313. The van der Waals surface area contributed by atoms with Crippen LogP contribution >= 0.6 is 0 Å². The molecule has 21 heavy (non-hydrogen) atoms. The first kappa shape index (κ1) is 17.3. The van der Waals surface area contributed by atoms with E-state index < -0.39 is 0 Å². The van der Waals surface area contributed by atoms with Gasteiger partial charge in [0.1, 0.15) is 5.75 Å². The molecular formula is C16H26N2O3. The molecule has 5 nitrogen and oxygen atoms in total. The van der Waals surface area contributed by atoms with Crippen molar-refractivity contribution in [3.8, 4) is 5.75 Å². The summed E-state index contributed by atoms with van der Waals surface area (Å²) in [7, 11) is 0. The SMILES string of the molecule is CC(C)CC(CO)NC(=O)Nc1ccc(OC(C)C)cc1. The Morgan fingerprint density at radius 3 is 2.29 bits per heavy atom. The van der Waals surface area contributed by atoms with E-state index >= 15 is 0 Å². The molecule has 118 valence electrons. The Bertz CT molecular complexity index is 430. The van der Waals surface area contributed by atoms with E-state index in [9.17, 15) is 9.90 Å². The normalized spacial score (nSPS) is 12.3. The topological polar surface area (TPSA) is 70.6 Å². The summed E-state index contributed by atoms with van der Waals surface area (Å²) in [5, 5.41) is 14.8. The molecule has 1 aromatic rings. The van der Waals surface area contributed by atoms with Crippen molar-refractivity contribution in [3.63, 3.8) is 0 Å². The van der Waals surface area contributed by atoms with Gasteiger partial charge in [-0.15, -0.1) is 0 Å². The third-order valence-electron chi connectivity index (χ3n) is 2.80. The van der Waals surface area contributed by atoms with Gasteiger partial charge >= 0.3 is 6.03 Å². The molecule has 2 amide bonds. The predicted molar refractivity (Wildman–Crippen MR) is 84.7 cm³/mol. The van der Waals surface area contributed by atoms with Crippen molar-refractivity contribution < 1.29 is 14.6 Å². The number of rotatable bonds is 7. The number of urea groups is 1. The number of benzene rings is 1. The van der Waals surface area contributed by atoms with E-state index in [0.29, 0.717) is 11.6 Å². The zero-order valence-electron chi connectivity index (χ0n) is 13.2. The molecule has 5 heteroatoms. The molecule has 1 atom stereocenters. The molecule has 1 rings (SSSR count). The maximum Gasteiger partial charge on any atom is 0.319 e. The maximum atomic E-state index is 11.9. The van der Waals surface area contributed by atoms with Gasteiger partial charge in [-0.2, -0.15) is 0 Å². The Kier molecular flexibility index (Phi) is 7.02. The van der Waals surface area contributed by atoms with Gasteiger partial charge in [0.05, 0.1) is 18.8 Å². The molecule has 0 heterocycles. The standard InChI is InChI=1S/C16H26N2O3/c1-11(2)9-14(10-19)18-16(20)17-13-5-7-15(8-6-13)21-12(3)4/h5-8,11-12,14,19H,9-10H2,1-4H3,(H2,17,18,20). The van der Waals surface area contributed by atoms with Crippen LogP contribution in [0.15, 0.2) is 24.3 Å². The number of anilines is 1. The Balaban J connectivity index is 2.50. The molecule has 1 unspecified atom stereocenters. The number of aliphatic hydroxyl groups excluding tert-OH is 1. The molecular weight excluding hydrogens is 268 g/mol. The van der Waals surface area contributed by atoms with Gasteiger partial charge in [0.25, 0.3) is 0 Å². The molecule has 0 aliphatic rings. The zero-order valence-corrected chi connectivity index (χ0v) is 13.2. The summed E-state index contributed by atoms with van der Waals surface area (Å²) in [6.45, 7) is 7.96. The van der Waals surface area contributed by atoms with Crippen molar-refractivity contribution >= 4 is 11.7 Å². The summed E-state index contributed by atoms with van der Waals surface area (Å²) in [6, 6.07) is 6.66. The second-order valence-corrected chi connectivity index (χ2v) is 5.80. The average molecular weight is 294 g/mol. The van der Waals surface area contributed by atoms with Gasteiger partial charge in [-0.3, -0.25) is 0 Å². The van der Waals surface area contributed by atoms with Crippen molar-refractivity contribution in [1.82, 2.24) is 5.32 Å². The molecule has 3 N–H and O–H groups in total. The number of carbonyl (C=O) groups excluding carboxylic acids is 1. The van der Waals surface area contributed by atoms with Crippen LogP contribution in [0.1, 0.15) is 34.1 Å². The number of nitrogens with one attached hydrogen (secondary N) is 2. The fraction of sp³-hybridized carbons (Fsp3) is 0.562. The number of hydrogen-bond acceptors (Lipinski definition) is 3. The smallest absolute Gasteiger partial charge is 0.319 e. The first-order valence-corrected chi connectivity index (χ1v) is 7.35. The number of ether oxygens (including phenoxy) is 1. The van der Waals surface area contributed by atoms with Crippen LogP contribution in [0.5, 0.6) is 5.75 Å². The Hall–Kier alpha value is -1.75. The van der Waals surface area contributed by atoms with Gasteiger partial charge in [-0.05, 0) is 50.5 Å². The molecule has 0 bridgehead atoms. The summed E-state index contributed by atoms with van der Waals surface area (Å²) in [5.74, 6) is 1.18. The quantitative estimate of drug-likeness (QED) is 0.724. The van der Waals surface area contributed by atoms with Gasteiger partial charge in [-0.1, -0.05) is 13.8 Å². The van der Waals surface area contributed by atoms with Gasteiger partial charge in [0, 0.05) is 5.69 Å². The first-order valence-electron chi connectivity index (χ1n) is 7.35. The van der Waals surface area contributed by atoms with Crippen LogP contribution in [0.2, 0.25) is 0 Å². The minimum absolute atomic E-state index is 0.0627. The molecule has 0 spiro atoms. The molecule has 0 saturated heterocycles. The van der Waals surface area contributed by atoms with Crippen molar-refractivity contribution in [3.05, 3.63) is 24.3 Å². The molecule has 0 aliphatic heterocycles. The zero-order chi connectivity index (χ0) is 15.8. The van der Waals surface area contributed by atoms with Crippen molar-refractivity contribution in [1.29, 1.82) is 0 Å². The van der Waals surface area contributed by atoms with Crippen LogP contribution in [0, 0.1) is 5.92 Å². The Labute approximate surface area is 126 Å². The fourth-order valence-corrected chi connectivity index (χ4v) is 1.99. The van der Waals surface area contributed by atoms with Gasteiger partial charge in [0.2, 0.25) is 0 Å². The lowest BCUT2D eigenvalue weighted by Gasteiger charge is -2.18. The summed E-state index contributed by atoms with van der Waals surface area (Å²) in [6.07, 6.45) is 0.860. The highest BCUT2D eigenvalue weighted by atomic mass is 16.5. The average Bonchev–Trinajstić information content (AvgIpc) is 2.39. The lowest BCUT2D eigenvalue weighted by Crippen LogP contribution is -2.40. The summed E-state index contributed by atoms with van der Waals surface area (Å²) >= 11 is 0. The number of amides is 2. The lowest BCUT2D eigenvalue weighted by atomic mass is 10.0. The van der Waals surface area contributed by atoms with Crippen molar-refractivity contribution in [2.24, 2.45) is 5.92 Å². The van der Waals surface area contributed by atoms with E-state index in [1.54, 1.807) is 12.1 Å². The Morgan fingerprint density at radius 2 is 1.81 bits per heavy atom. The van der Waals surface area contributed by atoms with Gasteiger partial charge < -0.3 is 20.5 Å². The highest BCUT2D eigenvalue weighted by molar-refractivity contribution is 5.89. The molecule has 0 fully saturated rings. The van der Waals surface area contributed by atoms with E-state index in [1.807, 2.05) is 26.0 Å². The van der Waals surface area contributed by atoms with Gasteiger partial charge in [-0.25, -0.2) is 4.79 Å². The van der Waals surface area contributed by atoms with Crippen LogP contribution < -0.4 is 15.4 Å². The second-order valence-electron chi connectivity index (χ2n) is 5.80. The third-order valence-corrected chi connectivity index (χ3v) is 2.80. The highest BCUT2D eigenvalue weighted by Crippen LogP contribution is 2.16. The maximum absolute atomic E-state index is 11.9. The van der Waals surface area contributed by atoms with Crippen LogP contribution in [0.4, 0.5) is 10.5 Å². The first-order chi connectivity index (χ1) is 9.90. The van der Waals surface area contributed by atoms with E-state index in [2.05, 4.69) is 24.5 Å². The largest absolute Gasteiger partial charge is 0.491 e. The van der Waals surface area contributed by atoms with E-state index in [0.717, 1.165) is 12.2 Å². The second kappa shape index (κ2) is 8.52. The monoisotopic (exact) mass is 294 g/mol. The highest BCUT2D eigenvalue weighted by Gasteiger charge is 2.13. The molecule has 1 aromatic carbocycles. The van der Waals surface area contributed by atoms with Crippen molar-refractivity contribution in [2.75, 3.05) is 11.9 Å². The van der Waals surface area contributed by atoms with E-state index in [4.69, 9.17) is 4.74 Å². The predicted octanol–water partition coefficient (Wildman–Crippen LogP) is 3.00. The number of aliphatic hydroxyl groups is 1. The van der Waals surface area contributed by atoms with E-state index in [1.165, 1.54) is 0 Å². The molecule has 0 aromatic heterocycles. The van der Waals surface area contributed by atoms with Crippen LogP contribution in [-0.4, -0.2) is 29.9 Å². The van der Waals surface area contributed by atoms with Crippen LogP contribution in [-0.2, 0) is 0 Å². The summed E-state index contributed by atoms with van der Waals surface area (Å²) in [4.78, 5) is 11.9. The Morgan fingerprint density at radius 1 is 1.19 bits per heavy atom. The number of hydrogen-bond donors (Lipinski definition) is 3. The lowest BCUT2D eigenvalue weighted by molar-refractivity contribution is 0.214. The van der Waals surface area contributed by atoms with Crippen LogP contribution in [0.3, 0.4) is 0 Å². The minimum Gasteiger partial charge on any atom is -0.491 e. The fourth-order valence-electron chi connectivity index (χ4n) is 1.99. The molecule has 0 aliphatic carbocycles. The third kappa shape index (κ3) is 6.99. The molecule has 0 saturated carbocycles.